The Labute approximate surface area is 105 Å². The molecule has 18 heavy (non-hydrogen) atoms. The smallest absolute Gasteiger partial charge is 0.270 e. The first kappa shape index (κ1) is 12.3. The number of ether oxygens (including phenoxy) is 1. The molecule has 0 saturated heterocycles. The van der Waals surface area contributed by atoms with E-state index in [1.54, 1.807) is 24.2 Å². The van der Waals surface area contributed by atoms with Gasteiger partial charge in [-0.25, -0.2) is 4.98 Å². The molecule has 1 N–H and O–H groups in total. The lowest BCUT2D eigenvalue weighted by Crippen LogP contribution is -2.28. The van der Waals surface area contributed by atoms with Gasteiger partial charge in [-0.1, -0.05) is 18.2 Å². The van der Waals surface area contributed by atoms with Crippen molar-refractivity contribution in [3.05, 3.63) is 48.5 Å². The predicted octanol–water partition coefficient (Wildman–Crippen LogP) is 1.25. The summed E-state index contributed by atoms with van der Waals surface area (Å²) < 4.78 is 6.64. The van der Waals surface area contributed by atoms with Gasteiger partial charge in [-0.2, -0.15) is 0 Å². The summed E-state index contributed by atoms with van der Waals surface area (Å²) in [5.41, 5.74) is 1.42. The van der Waals surface area contributed by atoms with Gasteiger partial charge in [-0.05, 0) is 12.1 Å². The Morgan fingerprint density at radius 3 is 2.89 bits per heavy atom. The van der Waals surface area contributed by atoms with Gasteiger partial charge >= 0.3 is 0 Å². The van der Waals surface area contributed by atoms with Crippen molar-refractivity contribution in [1.29, 1.82) is 0 Å². The Balaban J connectivity index is 2.15. The number of methoxy groups -OCH3 is 1. The standard InChI is InChI=1S/C13H15N3O2/c1-18-8-7-15-13(17)12-9-14-10-16(12)11-5-3-2-4-6-11/h2-6,9-10H,7-8H2,1H3,(H,15,17). The Morgan fingerprint density at radius 2 is 2.17 bits per heavy atom. The number of amides is 1. The monoisotopic (exact) mass is 245 g/mol. The molecule has 1 heterocycles. The molecule has 2 aromatic rings. The normalized spacial score (nSPS) is 10.3. The lowest BCUT2D eigenvalue weighted by Gasteiger charge is -2.08. The molecule has 1 amide bonds. The van der Waals surface area contributed by atoms with Crippen molar-refractivity contribution in [2.24, 2.45) is 0 Å². The van der Waals surface area contributed by atoms with Crippen LogP contribution in [0, 0.1) is 0 Å². The van der Waals surface area contributed by atoms with Crippen molar-refractivity contribution in [3.8, 4) is 5.69 Å². The number of carbonyl (C=O) groups excluding carboxylic acids is 1. The van der Waals surface area contributed by atoms with Gasteiger partial charge < -0.3 is 10.1 Å². The van der Waals surface area contributed by atoms with Gasteiger partial charge in [0.05, 0.1) is 19.1 Å². The largest absolute Gasteiger partial charge is 0.383 e. The van der Waals surface area contributed by atoms with Gasteiger partial charge in [0.15, 0.2) is 0 Å². The third-order valence-corrected chi connectivity index (χ3v) is 2.50. The minimum absolute atomic E-state index is 0.159. The lowest BCUT2D eigenvalue weighted by atomic mass is 10.3. The number of imidazole rings is 1. The van der Waals surface area contributed by atoms with Crippen LogP contribution < -0.4 is 5.32 Å². The fraction of sp³-hybridized carbons (Fsp3) is 0.231. The van der Waals surface area contributed by atoms with Crippen LogP contribution in [0.25, 0.3) is 5.69 Å². The molecule has 0 unspecified atom stereocenters. The second kappa shape index (κ2) is 5.97. The fourth-order valence-corrected chi connectivity index (χ4v) is 1.61. The van der Waals surface area contributed by atoms with E-state index in [1.807, 2.05) is 30.3 Å². The molecule has 0 bridgehead atoms. The van der Waals surface area contributed by atoms with Crippen LogP contribution >= 0.6 is 0 Å². The number of nitrogens with zero attached hydrogens (tertiary/aromatic N) is 2. The number of carbonyl (C=O) groups is 1. The number of hydrogen-bond acceptors (Lipinski definition) is 3. The summed E-state index contributed by atoms with van der Waals surface area (Å²) in [6, 6.07) is 9.61. The molecule has 0 atom stereocenters. The van der Waals surface area contributed by atoms with E-state index in [0.29, 0.717) is 18.8 Å². The highest BCUT2D eigenvalue weighted by atomic mass is 16.5. The maximum absolute atomic E-state index is 11.9. The van der Waals surface area contributed by atoms with Gasteiger partial charge in [-0.15, -0.1) is 0 Å². The minimum Gasteiger partial charge on any atom is -0.383 e. The minimum atomic E-state index is -0.159. The van der Waals surface area contributed by atoms with E-state index < -0.39 is 0 Å². The van der Waals surface area contributed by atoms with Gasteiger partial charge in [-0.3, -0.25) is 9.36 Å². The van der Waals surface area contributed by atoms with Crippen LogP contribution in [-0.4, -0.2) is 35.7 Å². The highest BCUT2D eigenvalue weighted by Gasteiger charge is 2.11. The first-order chi connectivity index (χ1) is 8.83. The van der Waals surface area contributed by atoms with Crippen LogP contribution in [-0.2, 0) is 4.74 Å². The molecule has 0 spiro atoms. The SMILES string of the molecule is COCCNC(=O)c1cncn1-c1ccccc1. The van der Waals surface area contributed by atoms with Crippen molar-refractivity contribution in [1.82, 2.24) is 14.9 Å². The number of nitrogens with one attached hydrogen (secondary N) is 1. The van der Waals surface area contributed by atoms with Gasteiger partial charge in [0, 0.05) is 19.3 Å². The Morgan fingerprint density at radius 1 is 1.39 bits per heavy atom. The summed E-state index contributed by atoms with van der Waals surface area (Å²) in [6.07, 6.45) is 3.18. The van der Waals surface area contributed by atoms with E-state index in [2.05, 4.69) is 10.3 Å². The van der Waals surface area contributed by atoms with Crippen molar-refractivity contribution in [3.63, 3.8) is 0 Å². The van der Waals surface area contributed by atoms with Crippen molar-refractivity contribution >= 4 is 5.91 Å². The molecule has 94 valence electrons. The Hall–Kier alpha value is -2.14. The number of benzene rings is 1. The molecule has 0 aliphatic heterocycles. The fourth-order valence-electron chi connectivity index (χ4n) is 1.61. The van der Waals surface area contributed by atoms with Crippen LogP contribution in [0.15, 0.2) is 42.9 Å². The lowest BCUT2D eigenvalue weighted by molar-refractivity contribution is 0.0930. The second-order valence-corrected chi connectivity index (χ2v) is 3.73. The molecule has 0 aliphatic rings. The number of hydrogen-bond donors (Lipinski definition) is 1. The van der Waals surface area contributed by atoms with Crippen LogP contribution in [0.2, 0.25) is 0 Å². The average Bonchev–Trinajstić information content (AvgIpc) is 2.89. The number of aromatic nitrogens is 2. The molecule has 0 fully saturated rings. The molecule has 5 nitrogen and oxygen atoms in total. The molecule has 0 radical (unpaired) electrons. The Bertz CT molecular complexity index is 508. The van der Waals surface area contributed by atoms with Crippen molar-refractivity contribution in [2.75, 3.05) is 20.3 Å². The number of para-hydroxylation sites is 1. The highest BCUT2D eigenvalue weighted by molar-refractivity contribution is 5.92. The van der Waals surface area contributed by atoms with Gasteiger partial charge in [0.25, 0.3) is 5.91 Å². The van der Waals surface area contributed by atoms with Crippen molar-refractivity contribution < 1.29 is 9.53 Å². The molecule has 2 rings (SSSR count). The molecule has 1 aromatic carbocycles. The van der Waals surface area contributed by atoms with E-state index in [4.69, 9.17) is 4.74 Å². The zero-order valence-electron chi connectivity index (χ0n) is 10.2. The molecular formula is C13H15N3O2. The highest BCUT2D eigenvalue weighted by Crippen LogP contribution is 2.10. The molecular weight excluding hydrogens is 230 g/mol. The second-order valence-electron chi connectivity index (χ2n) is 3.73. The summed E-state index contributed by atoms with van der Waals surface area (Å²) in [5, 5.41) is 2.77. The first-order valence-corrected chi connectivity index (χ1v) is 5.68. The first-order valence-electron chi connectivity index (χ1n) is 5.68. The van der Waals surface area contributed by atoms with Gasteiger partial charge in [0.1, 0.15) is 5.69 Å². The van der Waals surface area contributed by atoms with Gasteiger partial charge in [0.2, 0.25) is 0 Å². The van der Waals surface area contributed by atoms with E-state index in [-0.39, 0.29) is 5.91 Å². The number of rotatable bonds is 5. The summed E-state index contributed by atoms with van der Waals surface area (Å²) >= 11 is 0. The van der Waals surface area contributed by atoms with E-state index in [1.165, 1.54) is 0 Å². The molecule has 1 aromatic heterocycles. The third-order valence-electron chi connectivity index (χ3n) is 2.50. The van der Waals surface area contributed by atoms with Crippen LogP contribution in [0.3, 0.4) is 0 Å². The van der Waals surface area contributed by atoms with E-state index in [0.717, 1.165) is 5.69 Å². The average molecular weight is 245 g/mol. The summed E-state index contributed by atoms with van der Waals surface area (Å²) in [5.74, 6) is -0.159. The molecule has 5 heteroatoms. The maximum atomic E-state index is 11.9. The maximum Gasteiger partial charge on any atom is 0.270 e. The quantitative estimate of drug-likeness (QED) is 0.806. The van der Waals surface area contributed by atoms with Crippen LogP contribution in [0.5, 0.6) is 0 Å². The summed E-state index contributed by atoms with van der Waals surface area (Å²) in [7, 11) is 1.60. The zero-order chi connectivity index (χ0) is 12.8. The topological polar surface area (TPSA) is 56.1 Å². The van der Waals surface area contributed by atoms with Crippen LogP contribution in [0.4, 0.5) is 0 Å². The third kappa shape index (κ3) is 2.75. The predicted molar refractivity (Wildman–Crippen MR) is 67.8 cm³/mol. The molecule has 0 saturated carbocycles. The summed E-state index contributed by atoms with van der Waals surface area (Å²) in [4.78, 5) is 16.0. The molecule has 0 aliphatic carbocycles. The Kier molecular flexibility index (Phi) is 4.09. The zero-order valence-corrected chi connectivity index (χ0v) is 10.2. The van der Waals surface area contributed by atoms with E-state index >= 15 is 0 Å². The van der Waals surface area contributed by atoms with E-state index in [9.17, 15) is 4.79 Å². The van der Waals surface area contributed by atoms with Crippen molar-refractivity contribution in [2.45, 2.75) is 0 Å². The van der Waals surface area contributed by atoms with Crippen LogP contribution in [0.1, 0.15) is 10.5 Å². The summed E-state index contributed by atoms with van der Waals surface area (Å²) in [6.45, 7) is 0.973.